The molecule has 2 bridgehead atoms. The van der Waals surface area contributed by atoms with Gasteiger partial charge in [0.05, 0.1) is 0 Å². The molecule has 99 valence electrons. The molecule has 4 rings (SSSR count). The predicted octanol–water partition coefficient (Wildman–Crippen LogP) is 0.699. The lowest BCUT2D eigenvalue weighted by atomic mass is 9.78. The Morgan fingerprint density at radius 3 is 2.95 bits per heavy atom. The number of benzene rings is 1. The molecule has 1 aliphatic rings. The van der Waals surface area contributed by atoms with Gasteiger partial charge in [-0.1, -0.05) is 24.3 Å². The molecule has 1 aliphatic heterocycles. The van der Waals surface area contributed by atoms with Crippen molar-refractivity contribution < 1.29 is 4.79 Å². The zero-order valence-corrected chi connectivity index (χ0v) is 10.9. The Labute approximate surface area is 121 Å². The average Bonchev–Trinajstić information content (AvgIpc) is 2.95. The topological polar surface area (TPSA) is 72.7 Å². The van der Waals surface area contributed by atoms with Crippen LogP contribution in [0.2, 0.25) is 0 Å². The van der Waals surface area contributed by atoms with Crippen molar-refractivity contribution in [3.63, 3.8) is 0 Å². The molecule has 0 aliphatic carbocycles. The molecular formula is C14H9BN5O. The summed E-state index contributed by atoms with van der Waals surface area (Å²) in [5.41, 5.74) is 2.02. The van der Waals surface area contributed by atoms with E-state index in [1.807, 2.05) is 37.7 Å². The minimum absolute atomic E-state index is 0.192. The van der Waals surface area contributed by atoms with Gasteiger partial charge in [-0.3, -0.25) is 4.79 Å². The second kappa shape index (κ2) is 4.55. The van der Waals surface area contributed by atoms with Crippen molar-refractivity contribution in [3.8, 4) is 11.5 Å². The molecule has 1 radical (unpaired) electrons. The number of hydrogen-bond donors (Lipinski definition) is 1. The van der Waals surface area contributed by atoms with Crippen molar-refractivity contribution in [2.45, 2.75) is 0 Å². The number of nitrogens with one attached hydrogen (secondary N) is 1. The number of rotatable bonds is 0. The molecular weight excluding hydrogens is 265 g/mol. The number of nitrogens with zero attached hydrogens (tertiary/aromatic N) is 4. The Kier molecular flexibility index (Phi) is 2.57. The Hall–Kier alpha value is -2.96. The van der Waals surface area contributed by atoms with E-state index in [4.69, 9.17) is 0 Å². The van der Waals surface area contributed by atoms with E-state index in [-0.39, 0.29) is 5.91 Å². The highest BCUT2D eigenvalue weighted by Gasteiger charge is 2.18. The van der Waals surface area contributed by atoms with E-state index in [1.165, 1.54) is 0 Å². The van der Waals surface area contributed by atoms with Crippen LogP contribution in [0.3, 0.4) is 0 Å². The second-order valence-corrected chi connectivity index (χ2v) is 4.64. The SMILES string of the molecule is O=C1Nc2cccc(n2)-c2nncn2[B]c2ccccc21. The molecule has 0 spiro atoms. The van der Waals surface area contributed by atoms with E-state index in [9.17, 15) is 4.79 Å². The smallest absolute Gasteiger partial charge is 0.295 e. The third-order valence-electron chi connectivity index (χ3n) is 3.28. The van der Waals surface area contributed by atoms with Crippen LogP contribution in [-0.2, 0) is 0 Å². The number of fused-ring (bicyclic) bond motifs is 5. The second-order valence-electron chi connectivity index (χ2n) is 4.64. The molecule has 0 unspecified atom stereocenters. The van der Waals surface area contributed by atoms with Crippen LogP contribution in [0.5, 0.6) is 0 Å². The normalized spacial score (nSPS) is 12.7. The van der Waals surface area contributed by atoms with Gasteiger partial charge in [0.15, 0.2) is 5.82 Å². The van der Waals surface area contributed by atoms with E-state index < -0.39 is 0 Å². The van der Waals surface area contributed by atoms with Crippen LogP contribution in [0.1, 0.15) is 10.4 Å². The quantitative estimate of drug-likeness (QED) is 0.612. The minimum atomic E-state index is -0.192. The molecule has 1 N–H and O–H groups in total. The maximum absolute atomic E-state index is 12.4. The standard InChI is InChI=1S/C14H9BN5O/c21-14-9-4-1-2-5-10(9)15-20-8-16-19-13(20)11-6-3-7-12(17-11)18-14/h1-8H,(H,17,18,21). The monoisotopic (exact) mass is 274 g/mol. The fourth-order valence-electron chi connectivity index (χ4n) is 2.30. The number of pyridine rings is 1. The first-order valence-corrected chi connectivity index (χ1v) is 6.43. The van der Waals surface area contributed by atoms with Gasteiger partial charge in [-0.25, -0.2) is 4.98 Å². The molecule has 2 aromatic heterocycles. The van der Waals surface area contributed by atoms with Gasteiger partial charge in [0, 0.05) is 5.56 Å². The van der Waals surface area contributed by atoms with Crippen molar-refractivity contribution in [3.05, 3.63) is 54.4 Å². The van der Waals surface area contributed by atoms with Crippen LogP contribution in [0.15, 0.2) is 48.8 Å². The number of anilines is 1. The number of hydrogen-bond acceptors (Lipinski definition) is 4. The average molecular weight is 274 g/mol. The largest absolute Gasteiger partial charge is 0.357 e. The van der Waals surface area contributed by atoms with Crippen molar-refractivity contribution >= 4 is 24.6 Å². The zero-order chi connectivity index (χ0) is 14.2. The Morgan fingerprint density at radius 1 is 1.10 bits per heavy atom. The van der Waals surface area contributed by atoms with Gasteiger partial charge in [-0.15, -0.1) is 10.2 Å². The van der Waals surface area contributed by atoms with E-state index in [1.54, 1.807) is 22.9 Å². The summed E-state index contributed by atoms with van der Waals surface area (Å²) in [5, 5.41) is 10.8. The number of carbonyl (C=O) groups excluding carboxylic acids is 1. The summed E-state index contributed by atoms with van der Waals surface area (Å²) in [4.78, 5) is 16.8. The van der Waals surface area contributed by atoms with Gasteiger partial charge in [0.25, 0.3) is 13.3 Å². The number of carbonyl (C=O) groups is 1. The molecule has 0 saturated heterocycles. The van der Waals surface area contributed by atoms with Gasteiger partial charge >= 0.3 is 0 Å². The summed E-state index contributed by atoms with van der Waals surface area (Å²) in [6, 6.07) is 12.8. The molecule has 1 aromatic carbocycles. The minimum Gasteiger partial charge on any atom is -0.357 e. The van der Waals surface area contributed by atoms with E-state index in [0.29, 0.717) is 22.9 Å². The summed E-state index contributed by atoms with van der Waals surface area (Å²) in [7, 11) is 1.82. The lowest BCUT2D eigenvalue weighted by Crippen LogP contribution is -2.31. The fraction of sp³-hybridized carbons (Fsp3) is 0. The number of aromatic nitrogens is 4. The van der Waals surface area contributed by atoms with Crippen LogP contribution in [0.4, 0.5) is 5.82 Å². The van der Waals surface area contributed by atoms with Gasteiger partial charge in [-0.2, -0.15) is 0 Å². The molecule has 3 heterocycles. The summed E-state index contributed by atoms with van der Waals surface area (Å²) in [5.74, 6) is 0.926. The molecule has 0 fully saturated rings. The van der Waals surface area contributed by atoms with Gasteiger partial charge in [-0.05, 0) is 23.7 Å². The first kappa shape index (κ1) is 11.8. The maximum atomic E-state index is 12.4. The van der Waals surface area contributed by atoms with Crippen molar-refractivity contribution in [2.24, 2.45) is 0 Å². The lowest BCUT2D eigenvalue weighted by molar-refractivity contribution is 0.102. The third kappa shape index (κ3) is 1.99. The summed E-state index contributed by atoms with van der Waals surface area (Å²) in [6.45, 7) is 0. The molecule has 7 heteroatoms. The fourth-order valence-corrected chi connectivity index (χ4v) is 2.30. The molecule has 0 atom stereocenters. The number of amides is 1. The van der Waals surface area contributed by atoms with Gasteiger partial charge in [0.2, 0.25) is 0 Å². The van der Waals surface area contributed by atoms with Gasteiger partial charge in [0.1, 0.15) is 17.8 Å². The summed E-state index contributed by atoms with van der Waals surface area (Å²) in [6.07, 6.45) is 1.60. The van der Waals surface area contributed by atoms with E-state index in [2.05, 4.69) is 20.5 Å². The van der Waals surface area contributed by atoms with Gasteiger partial charge < -0.3 is 9.79 Å². The Balaban J connectivity index is 1.96. The van der Waals surface area contributed by atoms with Crippen LogP contribution in [0.25, 0.3) is 11.5 Å². The molecule has 6 nitrogen and oxygen atoms in total. The highest BCUT2D eigenvalue weighted by molar-refractivity contribution is 6.54. The Bertz CT molecular complexity index is 845. The van der Waals surface area contributed by atoms with Crippen molar-refractivity contribution in [2.75, 3.05) is 5.32 Å². The van der Waals surface area contributed by atoms with Crippen LogP contribution < -0.4 is 10.8 Å². The predicted molar refractivity (Wildman–Crippen MR) is 78.4 cm³/mol. The zero-order valence-electron chi connectivity index (χ0n) is 10.9. The maximum Gasteiger partial charge on any atom is 0.295 e. The summed E-state index contributed by atoms with van der Waals surface area (Å²) < 4.78 is 1.77. The molecule has 1 amide bonds. The third-order valence-corrected chi connectivity index (χ3v) is 3.28. The van der Waals surface area contributed by atoms with Crippen LogP contribution >= 0.6 is 0 Å². The highest BCUT2D eigenvalue weighted by Crippen LogP contribution is 2.17. The first-order valence-electron chi connectivity index (χ1n) is 6.43. The molecule has 0 saturated carbocycles. The summed E-state index contributed by atoms with van der Waals surface area (Å²) >= 11 is 0. The van der Waals surface area contributed by atoms with E-state index in [0.717, 1.165) is 5.46 Å². The highest BCUT2D eigenvalue weighted by atomic mass is 16.1. The molecule has 3 aromatic rings. The molecule has 21 heavy (non-hydrogen) atoms. The van der Waals surface area contributed by atoms with E-state index >= 15 is 0 Å². The lowest BCUT2D eigenvalue weighted by Gasteiger charge is -2.13. The first-order chi connectivity index (χ1) is 10.3. The Morgan fingerprint density at radius 2 is 2.00 bits per heavy atom. The van der Waals surface area contributed by atoms with Crippen molar-refractivity contribution in [1.29, 1.82) is 0 Å². The van der Waals surface area contributed by atoms with Crippen LogP contribution in [0, 0.1) is 0 Å². The van der Waals surface area contributed by atoms with Crippen LogP contribution in [-0.4, -0.2) is 33.0 Å². The van der Waals surface area contributed by atoms with Crippen molar-refractivity contribution in [1.82, 2.24) is 19.7 Å².